The van der Waals surface area contributed by atoms with Crippen molar-refractivity contribution >= 4 is 63.3 Å². The van der Waals surface area contributed by atoms with E-state index in [1.165, 1.54) is 16.7 Å². The van der Waals surface area contributed by atoms with E-state index in [9.17, 15) is 9.59 Å². The minimum atomic E-state index is -0.322. The van der Waals surface area contributed by atoms with Gasteiger partial charge in [-0.25, -0.2) is 0 Å². The Balaban J connectivity index is 1.46. The number of hydrogen-bond acceptors (Lipinski definition) is 8. The number of benzene rings is 3. The quantitative estimate of drug-likeness (QED) is 0.253. The Morgan fingerprint density at radius 1 is 1.05 bits per heavy atom. The van der Waals surface area contributed by atoms with Gasteiger partial charge in [-0.05, 0) is 67.1 Å². The van der Waals surface area contributed by atoms with Crippen LogP contribution < -0.4 is 29.3 Å². The van der Waals surface area contributed by atoms with E-state index in [1.54, 1.807) is 55.7 Å². The molecule has 0 atom stereocenters. The van der Waals surface area contributed by atoms with E-state index in [-0.39, 0.29) is 18.4 Å². The highest BCUT2D eigenvalue weighted by molar-refractivity contribution is 8.27. The second-order valence-electron chi connectivity index (χ2n) is 8.64. The number of anilines is 3. The molecule has 1 heterocycles. The molecule has 0 unspecified atom stereocenters. The Kier molecular flexibility index (Phi) is 9.11. The third-order valence-electron chi connectivity index (χ3n) is 5.70. The molecule has 3 aromatic rings. The fourth-order valence-electron chi connectivity index (χ4n) is 3.78. The van der Waals surface area contributed by atoms with Crippen molar-refractivity contribution in [1.82, 2.24) is 0 Å². The van der Waals surface area contributed by atoms with Crippen LogP contribution in [-0.4, -0.2) is 50.6 Å². The highest BCUT2D eigenvalue weighted by atomic mass is 32.2. The number of rotatable bonds is 10. The number of amides is 2. The molecule has 4 rings (SSSR count). The van der Waals surface area contributed by atoms with Crippen molar-refractivity contribution in [3.63, 3.8) is 0 Å². The largest absolute Gasteiger partial charge is 0.497 e. The van der Waals surface area contributed by atoms with Crippen molar-refractivity contribution in [3.05, 3.63) is 77.2 Å². The summed E-state index contributed by atoms with van der Waals surface area (Å²) in [6, 6.07) is 20.0. The van der Waals surface area contributed by atoms with Crippen molar-refractivity contribution < 1.29 is 23.8 Å². The minimum absolute atomic E-state index is 0.185. The second kappa shape index (κ2) is 12.7. The summed E-state index contributed by atoms with van der Waals surface area (Å²) in [5.41, 5.74) is 3.10. The fraction of sp³-hybridized carbons (Fsp3) is 0.207. The lowest BCUT2D eigenvalue weighted by atomic mass is 10.1. The normalized spacial score (nSPS) is 13.9. The summed E-state index contributed by atoms with van der Waals surface area (Å²) in [6.45, 7) is 2.06. The molecule has 1 saturated heterocycles. The molecule has 39 heavy (non-hydrogen) atoms. The van der Waals surface area contributed by atoms with Gasteiger partial charge in [0.05, 0.1) is 24.3 Å². The lowest BCUT2D eigenvalue weighted by Crippen LogP contribution is -2.27. The third-order valence-corrected chi connectivity index (χ3v) is 7.00. The summed E-state index contributed by atoms with van der Waals surface area (Å²) >= 11 is 6.76. The van der Waals surface area contributed by atoms with Crippen LogP contribution in [0.5, 0.6) is 17.2 Å². The fourth-order valence-corrected chi connectivity index (χ4v) is 5.08. The maximum Gasteiger partial charge on any atom is 0.270 e. The average Bonchev–Trinajstić information content (AvgIpc) is 3.20. The van der Waals surface area contributed by atoms with E-state index < -0.39 is 0 Å². The number of carbonyl (C=O) groups excluding carboxylic acids is 2. The smallest absolute Gasteiger partial charge is 0.270 e. The number of carbonyl (C=O) groups is 2. The molecule has 1 fully saturated rings. The maximum atomic E-state index is 13.2. The molecule has 202 valence electrons. The number of ether oxygens (including phenoxy) is 3. The first kappa shape index (κ1) is 28.0. The van der Waals surface area contributed by atoms with Crippen LogP contribution in [-0.2, 0) is 9.59 Å². The monoisotopic (exact) mass is 563 g/mol. The predicted octanol–water partition coefficient (Wildman–Crippen LogP) is 5.58. The molecule has 1 N–H and O–H groups in total. The summed E-state index contributed by atoms with van der Waals surface area (Å²) in [7, 11) is 5.48. The number of nitrogens with zero attached hydrogens (tertiary/aromatic N) is 2. The Morgan fingerprint density at radius 3 is 2.51 bits per heavy atom. The summed E-state index contributed by atoms with van der Waals surface area (Å²) in [5, 5.41) is 2.78. The zero-order valence-electron chi connectivity index (χ0n) is 22.1. The first-order chi connectivity index (χ1) is 18.8. The molecule has 0 saturated carbocycles. The number of thioether (sulfide) groups is 1. The molecule has 0 aliphatic carbocycles. The van der Waals surface area contributed by atoms with E-state index in [4.69, 9.17) is 26.4 Å². The Hall–Kier alpha value is -4.02. The van der Waals surface area contributed by atoms with Crippen LogP contribution in [0.3, 0.4) is 0 Å². The molecule has 1 aliphatic rings. The maximum absolute atomic E-state index is 13.2. The van der Waals surface area contributed by atoms with E-state index in [1.807, 2.05) is 50.2 Å². The molecule has 8 nitrogen and oxygen atoms in total. The van der Waals surface area contributed by atoms with Crippen LogP contribution in [0.2, 0.25) is 0 Å². The average molecular weight is 564 g/mol. The van der Waals surface area contributed by atoms with Crippen molar-refractivity contribution in [3.8, 4) is 17.2 Å². The topological polar surface area (TPSA) is 80.3 Å². The highest BCUT2D eigenvalue weighted by Crippen LogP contribution is 2.37. The van der Waals surface area contributed by atoms with Gasteiger partial charge in [0.1, 0.15) is 5.75 Å². The third kappa shape index (κ3) is 6.90. The molecule has 0 bridgehead atoms. The van der Waals surface area contributed by atoms with Crippen LogP contribution in [0.25, 0.3) is 6.08 Å². The first-order valence-corrected chi connectivity index (χ1v) is 13.4. The van der Waals surface area contributed by atoms with Crippen molar-refractivity contribution in [2.24, 2.45) is 0 Å². The van der Waals surface area contributed by atoms with Crippen LogP contribution in [0, 0.1) is 0 Å². The zero-order valence-corrected chi connectivity index (χ0v) is 23.7. The van der Waals surface area contributed by atoms with Crippen molar-refractivity contribution in [2.45, 2.75) is 6.92 Å². The lowest BCUT2D eigenvalue weighted by molar-refractivity contribution is -0.118. The molecule has 0 radical (unpaired) electrons. The first-order valence-electron chi connectivity index (χ1n) is 12.2. The number of thiocarbonyl (C=S) groups is 1. The van der Waals surface area contributed by atoms with Gasteiger partial charge in [-0.2, -0.15) is 0 Å². The molecular weight excluding hydrogens is 534 g/mol. The standard InChI is InChI=1S/C29H29N3O5S2/c1-5-36-25-15-19(9-14-24(25)37-18-27(33)30-20-7-6-8-23(17-20)35-4)16-26-28(34)32(29(38)39-26)22-12-10-21(11-13-22)31(2)3/h6-17H,5,18H2,1-4H3,(H,30,33)/b26-16-. The van der Waals surface area contributed by atoms with Gasteiger partial charge in [0, 0.05) is 31.5 Å². The summed E-state index contributed by atoms with van der Waals surface area (Å²) in [4.78, 5) is 29.7. The molecule has 0 aromatic heterocycles. The van der Waals surface area contributed by atoms with E-state index in [2.05, 4.69) is 5.32 Å². The molecule has 2 amide bonds. The van der Waals surface area contributed by atoms with Gasteiger partial charge in [0.15, 0.2) is 22.4 Å². The molecule has 10 heteroatoms. The van der Waals surface area contributed by atoms with Gasteiger partial charge in [-0.1, -0.05) is 36.1 Å². The van der Waals surface area contributed by atoms with Gasteiger partial charge < -0.3 is 24.4 Å². The minimum Gasteiger partial charge on any atom is -0.497 e. The molecule has 1 aliphatic heterocycles. The van der Waals surface area contributed by atoms with Crippen LogP contribution in [0.15, 0.2) is 71.6 Å². The SMILES string of the molecule is CCOc1cc(/C=C2\SC(=S)N(c3ccc(N(C)C)cc3)C2=O)ccc1OCC(=O)Nc1cccc(OC)c1. The van der Waals surface area contributed by atoms with Crippen molar-refractivity contribution in [1.29, 1.82) is 0 Å². The van der Waals surface area contributed by atoms with E-state index >= 15 is 0 Å². The zero-order chi connectivity index (χ0) is 27.9. The summed E-state index contributed by atoms with van der Waals surface area (Å²) in [5.74, 6) is 1.02. The highest BCUT2D eigenvalue weighted by Gasteiger charge is 2.33. The second-order valence-corrected chi connectivity index (χ2v) is 10.3. The van der Waals surface area contributed by atoms with E-state index in [0.717, 1.165) is 16.9 Å². The van der Waals surface area contributed by atoms with E-state index in [0.29, 0.717) is 38.8 Å². The van der Waals surface area contributed by atoms with Gasteiger partial charge in [0.25, 0.3) is 11.8 Å². The Labute approximate surface area is 237 Å². The number of nitrogens with one attached hydrogen (secondary N) is 1. The Bertz CT molecular complexity index is 1410. The van der Waals surface area contributed by atoms with Crippen LogP contribution >= 0.6 is 24.0 Å². The van der Waals surface area contributed by atoms with Crippen LogP contribution in [0.1, 0.15) is 12.5 Å². The van der Waals surface area contributed by atoms with Gasteiger partial charge in [0.2, 0.25) is 0 Å². The van der Waals surface area contributed by atoms with Crippen LogP contribution in [0.4, 0.5) is 17.1 Å². The lowest BCUT2D eigenvalue weighted by Gasteiger charge is -2.17. The number of methoxy groups -OCH3 is 1. The summed E-state index contributed by atoms with van der Waals surface area (Å²) < 4.78 is 17.2. The molecule has 0 spiro atoms. The van der Waals surface area contributed by atoms with Gasteiger partial charge in [-0.15, -0.1) is 0 Å². The Morgan fingerprint density at radius 2 is 1.82 bits per heavy atom. The predicted molar refractivity (Wildman–Crippen MR) is 161 cm³/mol. The van der Waals surface area contributed by atoms with Gasteiger partial charge in [-0.3, -0.25) is 14.5 Å². The molecular formula is C29H29N3O5S2. The molecule has 3 aromatic carbocycles. The van der Waals surface area contributed by atoms with Gasteiger partial charge >= 0.3 is 0 Å². The van der Waals surface area contributed by atoms with Crippen molar-refractivity contribution in [2.75, 3.05) is 49.5 Å². The summed E-state index contributed by atoms with van der Waals surface area (Å²) in [6.07, 6.45) is 1.77. The number of hydrogen-bond donors (Lipinski definition) is 1.